The first-order chi connectivity index (χ1) is 12.1. The summed E-state index contributed by atoms with van der Waals surface area (Å²) in [4.78, 5) is 22.4. The second-order valence-corrected chi connectivity index (χ2v) is 7.01. The summed E-state index contributed by atoms with van der Waals surface area (Å²) in [6.45, 7) is 2.64. The molecule has 128 valence electrons. The Kier molecular flexibility index (Phi) is 4.14. The van der Waals surface area contributed by atoms with E-state index in [2.05, 4.69) is 41.2 Å². The minimum absolute atomic E-state index is 0.0545. The molecule has 0 radical (unpaired) electrons. The second-order valence-electron chi connectivity index (χ2n) is 7.01. The maximum atomic E-state index is 12.4. The normalized spacial score (nSPS) is 17.0. The van der Waals surface area contributed by atoms with Crippen LogP contribution >= 0.6 is 0 Å². The molecular weight excluding hydrogens is 310 g/mol. The van der Waals surface area contributed by atoms with Gasteiger partial charge in [-0.05, 0) is 56.0 Å². The number of para-hydroxylation sites is 1. The first kappa shape index (κ1) is 16.0. The third-order valence-electron chi connectivity index (χ3n) is 5.26. The molecule has 4 heteroatoms. The number of aromatic amines is 1. The zero-order valence-electron chi connectivity index (χ0n) is 14.7. The molecule has 2 aromatic carbocycles. The highest BCUT2D eigenvalue weighted by molar-refractivity contribution is 5.80. The van der Waals surface area contributed by atoms with Crippen LogP contribution in [0.5, 0.6) is 0 Å². The van der Waals surface area contributed by atoms with Crippen molar-refractivity contribution in [3.05, 3.63) is 75.3 Å². The van der Waals surface area contributed by atoms with Crippen LogP contribution in [-0.2, 0) is 13.0 Å². The molecular formula is C21H23N3O. The molecule has 1 atom stereocenters. The number of fused-ring (bicyclic) bond motifs is 2. The molecule has 4 rings (SSSR count). The summed E-state index contributed by atoms with van der Waals surface area (Å²) in [5.41, 5.74) is 4.65. The Morgan fingerprint density at radius 3 is 2.92 bits per heavy atom. The van der Waals surface area contributed by atoms with E-state index in [4.69, 9.17) is 4.98 Å². The van der Waals surface area contributed by atoms with E-state index in [0.717, 1.165) is 29.7 Å². The standard InChI is InChI=1S/C21H23N3O/c1-14-7-5-11-17-20(14)22-19(23-21(17)25)13-24(2)18-12-6-9-15-8-3-4-10-16(15)18/h3-5,7-8,10-11,18H,6,9,12-13H2,1-2H3,(H,22,23,25)/t18-/m1/s1. The van der Waals surface area contributed by atoms with Crippen LogP contribution in [0.2, 0.25) is 0 Å². The Bertz CT molecular complexity index is 976. The van der Waals surface area contributed by atoms with Crippen LogP contribution in [0.15, 0.2) is 47.3 Å². The van der Waals surface area contributed by atoms with E-state index in [9.17, 15) is 4.79 Å². The molecule has 0 amide bonds. The van der Waals surface area contributed by atoms with Gasteiger partial charge in [-0.1, -0.05) is 36.4 Å². The van der Waals surface area contributed by atoms with Crippen LogP contribution in [0.25, 0.3) is 10.9 Å². The van der Waals surface area contributed by atoms with Gasteiger partial charge in [0.2, 0.25) is 0 Å². The van der Waals surface area contributed by atoms with Crippen molar-refractivity contribution in [1.29, 1.82) is 0 Å². The van der Waals surface area contributed by atoms with Crippen LogP contribution < -0.4 is 5.56 Å². The number of nitrogens with one attached hydrogen (secondary N) is 1. The van der Waals surface area contributed by atoms with Crippen molar-refractivity contribution in [1.82, 2.24) is 14.9 Å². The predicted octanol–water partition coefficient (Wildman–Crippen LogP) is 3.74. The second kappa shape index (κ2) is 6.45. The number of rotatable bonds is 3. The average molecular weight is 333 g/mol. The molecule has 0 spiro atoms. The fraction of sp³-hybridized carbons (Fsp3) is 0.333. The third-order valence-corrected chi connectivity index (χ3v) is 5.26. The van der Waals surface area contributed by atoms with Crippen molar-refractivity contribution >= 4 is 10.9 Å². The molecule has 0 unspecified atom stereocenters. The van der Waals surface area contributed by atoms with Crippen LogP contribution in [-0.4, -0.2) is 21.9 Å². The highest BCUT2D eigenvalue weighted by Crippen LogP contribution is 2.33. The Morgan fingerprint density at radius 2 is 2.04 bits per heavy atom. The van der Waals surface area contributed by atoms with Gasteiger partial charge < -0.3 is 4.98 Å². The average Bonchev–Trinajstić information content (AvgIpc) is 2.62. The quantitative estimate of drug-likeness (QED) is 0.794. The monoisotopic (exact) mass is 333 g/mol. The Hall–Kier alpha value is -2.46. The Labute approximate surface area is 147 Å². The molecule has 1 aliphatic carbocycles. The number of H-pyrrole nitrogens is 1. The van der Waals surface area contributed by atoms with Crippen LogP contribution in [0, 0.1) is 6.92 Å². The predicted molar refractivity (Wildman–Crippen MR) is 101 cm³/mol. The maximum Gasteiger partial charge on any atom is 0.258 e. The van der Waals surface area contributed by atoms with Crippen molar-refractivity contribution in [2.24, 2.45) is 0 Å². The molecule has 0 saturated heterocycles. The summed E-state index contributed by atoms with van der Waals surface area (Å²) >= 11 is 0. The fourth-order valence-corrected chi connectivity index (χ4v) is 3.96. The van der Waals surface area contributed by atoms with Gasteiger partial charge in [-0.25, -0.2) is 4.98 Å². The van der Waals surface area contributed by atoms with Gasteiger partial charge in [0, 0.05) is 6.04 Å². The molecule has 1 aromatic heterocycles. The summed E-state index contributed by atoms with van der Waals surface area (Å²) in [6.07, 6.45) is 3.50. The minimum Gasteiger partial charge on any atom is -0.309 e. The Morgan fingerprint density at radius 1 is 1.20 bits per heavy atom. The highest BCUT2D eigenvalue weighted by Gasteiger charge is 2.24. The Balaban J connectivity index is 1.66. The molecule has 0 aliphatic heterocycles. The van der Waals surface area contributed by atoms with E-state index < -0.39 is 0 Å². The van der Waals surface area contributed by atoms with Crippen molar-refractivity contribution in [2.45, 2.75) is 38.8 Å². The molecule has 4 nitrogen and oxygen atoms in total. The summed E-state index contributed by atoms with van der Waals surface area (Å²) in [5.74, 6) is 0.734. The van der Waals surface area contributed by atoms with Gasteiger partial charge >= 0.3 is 0 Å². The van der Waals surface area contributed by atoms with Gasteiger partial charge in [-0.2, -0.15) is 0 Å². The smallest absolute Gasteiger partial charge is 0.258 e. The van der Waals surface area contributed by atoms with Gasteiger partial charge in [0.15, 0.2) is 0 Å². The summed E-state index contributed by atoms with van der Waals surface area (Å²) in [5, 5.41) is 0.661. The first-order valence-corrected chi connectivity index (χ1v) is 8.90. The van der Waals surface area contributed by atoms with Gasteiger partial charge in [0.1, 0.15) is 5.82 Å². The molecule has 1 N–H and O–H groups in total. The van der Waals surface area contributed by atoms with Crippen LogP contribution in [0.3, 0.4) is 0 Å². The molecule has 0 fully saturated rings. The van der Waals surface area contributed by atoms with Crippen molar-refractivity contribution in [3.63, 3.8) is 0 Å². The van der Waals surface area contributed by atoms with Crippen LogP contribution in [0.1, 0.15) is 41.4 Å². The lowest BCUT2D eigenvalue weighted by Gasteiger charge is -2.33. The van der Waals surface area contributed by atoms with E-state index in [1.54, 1.807) is 0 Å². The lowest BCUT2D eigenvalue weighted by Crippen LogP contribution is -2.29. The van der Waals surface area contributed by atoms with Crippen molar-refractivity contribution < 1.29 is 0 Å². The van der Waals surface area contributed by atoms with Crippen molar-refractivity contribution in [3.8, 4) is 0 Å². The van der Waals surface area contributed by atoms with E-state index in [0.29, 0.717) is 18.0 Å². The fourth-order valence-electron chi connectivity index (χ4n) is 3.96. The molecule has 3 aromatic rings. The SMILES string of the molecule is Cc1cccc2c(=O)[nH]c(CN(C)[C@@H]3CCCc4ccccc43)nc12. The minimum atomic E-state index is -0.0545. The third kappa shape index (κ3) is 2.98. The number of nitrogens with zero attached hydrogens (tertiary/aromatic N) is 2. The molecule has 1 aliphatic rings. The van der Waals surface area contributed by atoms with Crippen LogP contribution in [0.4, 0.5) is 0 Å². The van der Waals surface area contributed by atoms with Gasteiger partial charge in [-0.3, -0.25) is 9.69 Å². The lowest BCUT2D eigenvalue weighted by atomic mass is 9.87. The largest absolute Gasteiger partial charge is 0.309 e. The van der Waals surface area contributed by atoms with Crippen molar-refractivity contribution in [2.75, 3.05) is 7.05 Å². The zero-order chi connectivity index (χ0) is 17.4. The van der Waals surface area contributed by atoms with Gasteiger partial charge in [0.25, 0.3) is 5.56 Å². The summed E-state index contributed by atoms with van der Waals surface area (Å²) in [6, 6.07) is 14.8. The molecule has 25 heavy (non-hydrogen) atoms. The number of aryl methyl sites for hydroxylation is 2. The van der Waals surface area contributed by atoms with Gasteiger partial charge in [-0.15, -0.1) is 0 Å². The molecule has 0 saturated carbocycles. The lowest BCUT2D eigenvalue weighted by molar-refractivity contribution is 0.208. The topological polar surface area (TPSA) is 49.0 Å². The first-order valence-electron chi connectivity index (χ1n) is 8.90. The summed E-state index contributed by atoms with van der Waals surface area (Å²) < 4.78 is 0. The number of benzene rings is 2. The number of hydrogen-bond acceptors (Lipinski definition) is 3. The van der Waals surface area contributed by atoms with E-state index >= 15 is 0 Å². The highest BCUT2D eigenvalue weighted by atomic mass is 16.1. The van der Waals surface area contributed by atoms with E-state index in [1.807, 2.05) is 25.1 Å². The van der Waals surface area contributed by atoms with E-state index in [1.165, 1.54) is 17.5 Å². The number of aromatic nitrogens is 2. The van der Waals surface area contributed by atoms with Gasteiger partial charge in [0.05, 0.1) is 17.4 Å². The van der Waals surface area contributed by atoms with E-state index in [-0.39, 0.29) is 5.56 Å². The summed E-state index contributed by atoms with van der Waals surface area (Å²) in [7, 11) is 2.12. The molecule has 1 heterocycles. The zero-order valence-corrected chi connectivity index (χ0v) is 14.7. The maximum absolute atomic E-state index is 12.4. The number of hydrogen-bond donors (Lipinski definition) is 1. The molecule has 0 bridgehead atoms.